The number of aromatic nitrogens is 3. The number of anilines is 1. The third kappa shape index (κ3) is 4.82. The highest BCUT2D eigenvalue weighted by molar-refractivity contribution is 7.99. The van der Waals surface area contributed by atoms with Crippen LogP contribution in [0.1, 0.15) is 46.5 Å². The quantitative estimate of drug-likeness (QED) is 0.559. The van der Waals surface area contributed by atoms with Crippen molar-refractivity contribution in [3.8, 4) is 0 Å². The summed E-state index contributed by atoms with van der Waals surface area (Å²) in [6.07, 6.45) is 4.41. The van der Waals surface area contributed by atoms with E-state index < -0.39 is 0 Å². The van der Waals surface area contributed by atoms with Gasteiger partial charge >= 0.3 is 0 Å². The van der Waals surface area contributed by atoms with Crippen LogP contribution in [0.15, 0.2) is 9.95 Å². The van der Waals surface area contributed by atoms with Crippen LogP contribution in [0.25, 0.3) is 10.3 Å². The summed E-state index contributed by atoms with van der Waals surface area (Å²) in [7, 11) is 0. The number of thioether (sulfide) groups is 1. The summed E-state index contributed by atoms with van der Waals surface area (Å²) >= 11 is 2.74. The molecule has 3 rings (SSSR count). The molecule has 0 aliphatic carbocycles. The van der Waals surface area contributed by atoms with Gasteiger partial charge in [-0.25, -0.2) is 4.98 Å². The molecule has 1 N–H and O–H groups in total. The van der Waals surface area contributed by atoms with Gasteiger partial charge < -0.3 is 10.2 Å². The van der Waals surface area contributed by atoms with E-state index in [1.165, 1.54) is 29.5 Å². The van der Waals surface area contributed by atoms with Crippen molar-refractivity contribution in [2.24, 2.45) is 0 Å². The average molecular weight is 410 g/mol. The molecule has 0 bridgehead atoms. The largest absolute Gasteiger partial charge is 0.353 e. The van der Waals surface area contributed by atoms with Crippen LogP contribution in [0.3, 0.4) is 0 Å². The van der Waals surface area contributed by atoms with Crippen molar-refractivity contribution in [2.75, 3.05) is 23.7 Å². The Bertz CT molecular complexity index is 855. The Morgan fingerprint density at radius 3 is 2.67 bits per heavy atom. The zero-order valence-electron chi connectivity index (χ0n) is 16.2. The van der Waals surface area contributed by atoms with Gasteiger partial charge in [-0.15, -0.1) is 0 Å². The van der Waals surface area contributed by atoms with Crippen LogP contribution < -0.4 is 15.8 Å². The van der Waals surface area contributed by atoms with Gasteiger partial charge in [-0.1, -0.05) is 30.0 Å². The van der Waals surface area contributed by atoms with Crippen molar-refractivity contribution in [1.82, 2.24) is 19.9 Å². The molecule has 2 aromatic rings. The van der Waals surface area contributed by atoms with Gasteiger partial charge in [0.15, 0.2) is 15.9 Å². The second-order valence-electron chi connectivity index (χ2n) is 7.06. The number of rotatable bonds is 7. The Balaban J connectivity index is 1.90. The molecule has 1 amide bonds. The fourth-order valence-electron chi connectivity index (χ4n) is 3.12. The highest BCUT2D eigenvalue weighted by Crippen LogP contribution is 2.29. The van der Waals surface area contributed by atoms with E-state index in [9.17, 15) is 9.59 Å². The van der Waals surface area contributed by atoms with Crippen molar-refractivity contribution >= 4 is 44.5 Å². The summed E-state index contributed by atoms with van der Waals surface area (Å²) in [6, 6.07) is 0.0945. The number of hydrogen-bond acceptors (Lipinski definition) is 7. The van der Waals surface area contributed by atoms with E-state index in [-0.39, 0.29) is 23.3 Å². The lowest BCUT2D eigenvalue weighted by Crippen LogP contribution is -2.32. The second-order valence-corrected chi connectivity index (χ2v) is 8.98. The van der Waals surface area contributed by atoms with Crippen LogP contribution in [0.4, 0.5) is 5.13 Å². The Morgan fingerprint density at radius 2 is 2.00 bits per heavy atom. The normalized spacial score (nSPS) is 14.9. The molecule has 0 radical (unpaired) electrons. The Labute approximate surface area is 167 Å². The second kappa shape index (κ2) is 9.05. The van der Waals surface area contributed by atoms with E-state index in [1.807, 2.05) is 20.8 Å². The molecule has 9 heteroatoms. The molecule has 1 aliphatic rings. The molecule has 27 heavy (non-hydrogen) atoms. The minimum absolute atomic E-state index is 0.0469. The molecular formula is C18H27N5O2S2. The first-order valence-corrected chi connectivity index (χ1v) is 11.4. The standard InChI is InChI=1S/C18H27N5O2S2/c1-4-8-23-16(25)14-15(20-17(27-14)22-9-6-5-7-10-22)21-18(23)26-11-13(24)19-12(2)3/h12H,4-11H2,1-3H3,(H,19,24). The van der Waals surface area contributed by atoms with E-state index in [2.05, 4.69) is 20.2 Å². The Kier molecular flexibility index (Phi) is 6.75. The van der Waals surface area contributed by atoms with Crippen molar-refractivity contribution in [2.45, 2.75) is 64.2 Å². The predicted octanol–water partition coefficient (Wildman–Crippen LogP) is 2.87. The lowest BCUT2D eigenvalue weighted by atomic mass is 10.1. The molecule has 0 atom stereocenters. The number of thiazole rings is 1. The lowest BCUT2D eigenvalue weighted by molar-refractivity contribution is -0.119. The summed E-state index contributed by atoms with van der Waals surface area (Å²) in [5.74, 6) is 0.183. The molecule has 7 nitrogen and oxygen atoms in total. The van der Waals surface area contributed by atoms with E-state index in [0.29, 0.717) is 22.0 Å². The van der Waals surface area contributed by atoms with E-state index in [0.717, 1.165) is 37.5 Å². The van der Waals surface area contributed by atoms with E-state index in [4.69, 9.17) is 0 Å². The first-order chi connectivity index (χ1) is 13.0. The number of carbonyl (C=O) groups is 1. The van der Waals surface area contributed by atoms with E-state index in [1.54, 1.807) is 4.57 Å². The third-order valence-electron chi connectivity index (χ3n) is 4.33. The van der Waals surface area contributed by atoms with E-state index >= 15 is 0 Å². The summed E-state index contributed by atoms with van der Waals surface area (Å²) in [5.41, 5.74) is 0.457. The molecule has 148 valence electrons. The summed E-state index contributed by atoms with van der Waals surface area (Å²) in [5, 5.41) is 4.33. The molecule has 0 unspecified atom stereocenters. The maximum absolute atomic E-state index is 13.0. The molecular weight excluding hydrogens is 382 g/mol. The van der Waals surface area contributed by atoms with Crippen LogP contribution >= 0.6 is 23.1 Å². The van der Waals surface area contributed by atoms with Gasteiger partial charge in [-0.2, -0.15) is 4.98 Å². The third-order valence-corrected chi connectivity index (χ3v) is 6.40. The smallest absolute Gasteiger partial charge is 0.273 e. The minimum atomic E-state index is -0.0559. The molecule has 0 aromatic carbocycles. The predicted molar refractivity (Wildman–Crippen MR) is 112 cm³/mol. The number of nitrogens with one attached hydrogen (secondary N) is 1. The zero-order chi connectivity index (χ0) is 19.4. The maximum atomic E-state index is 13.0. The minimum Gasteiger partial charge on any atom is -0.353 e. The monoisotopic (exact) mass is 409 g/mol. The van der Waals surface area contributed by atoms with Crippen LogP contribution in [-0.4, -0.2) is 45.3 Å². The molecule has 0 spiro atoms. The summed E-state index contributed by atoms with van der Waals surface area (Å²) in [6.45, 7) is 8.45. The molecule has 2 aromatic heterocycles. The van der Waals surface area contributed by atoms with Gasteiger partial charge in [-0.05, 0) is 39.5 Å². The van der Waals surface area contributed by atoms with Crippen molar-refractivity contribution < 1.29 is 4.79 Å². The molecule has 1 fully saturated rings. The number of amides is 1. The zero-order valence-corrected chi connectivity index (χ0v) is 17.8. The molecule has 1 saturated heterocycles. The van der Waals surface area contributed by atoms with Gasteiger partial charge in [0.2, 0.25) is 5.91 Å². The molecule has 1 aliphatic heterocycles. The fourth-order valence-corrected chi connectivity index (χ4v) is 4.95. The topological polar surface area (TPSA) is 80.1 Å². The van der Waals surface area contributed by atoms with Crippen LogP contribution in [-0.2, 0) is 11.3 Å². The number of fused-ring (bicyclic) bond motifs is 1. The maximum Gasteiger partial charge on any atom is 0.273 e. The van der Waals surface area contributed by atoms with Crippen LogP contribution in [0.2, 0.25) is 0 Å². The van der Waals surface area contributed by atoms with Gasteiger partial charge in [0.05, 0.1) is 5.75 Å². The Morgan fingerprint density at radius 1 is 1.26 bits per heavy atom. The SMILES string of the molecule is CCCn1c(SCC(=O)NC(C)C)nc2nc(N3CCCCC3)sc2c1=O. The number of nitrogens with zero attached hydrogens (tertiary/aromatic N) is 4. The average Bonchev–Trinajstić information content (AvgIpc) is 3.07. The van der Waals surface area contributed by atoms with Crippen LogP contribution in [0.5, 0.6) is 0 Å². The first-order valence-electron chi connectivity index (χ1n) is 9.58. The fraction of sp³-hybridized carbons (Fsp3) is 0.667. The van der Waals surface area contributed by atoms with Gasteiger partial charge in [-0.3, -0.25) is 14.2 Å². The lowest BCUT2D eigenvalue weighted by Gasteiger charge is -2.25. The number of carbonyl (C=O) groups excluding carboxylic acids is 1. The Hall–Kier alpha value is -1.61. The highest BCUT2D eigenvalue weighted by Gasteiger charge is 2.20. The van der Waals surface area contributed by atoms with Crippen molar-refractivity contribution in [3.05, 3.63) is 10.4 Å². The number of hydrogen-bond donors (Lipinski definition) is 1. The number of piperidine rings is 1. The first kappa shape index (κ1) is 20.1. The van der Waals surface area contributed by atoms with Crippen LogP contribution in [0, 0.1) is 0 Å². The van der Waals surface area contributed by atoms with Gasteiger partial charge in [0, 0.05) is 25.7 Å². The van der Waals surface area contributed by atoms with Gasteiger partial charge in [0.1, 0.15) is 4.70 Å². The highest BCUT2D eigenvalue weighted by atomic mass is 32.2. The van der Waals surface area contributed by atoms with Gasteiger partial charge in [0.25, 0.3) is 5.56 Å². The summed E-state index contributed by atoms with van der Waals surface area (Å²) in [4.78, 5) is 36.5. The summed E-state index contributed by atoms with van der Waals surface area (Å²) < 4.78 is 2.30. The molecule has 3 heterocycles. The van der Waals surface area contributed by atoms with Crippen molar-refractivity contribution in [1.29, 1.82) is 0 Å². The molecule has 0 saturated carbocycles. The van der Waals surface area contributed by atoms with Crippen molar-refractivity contribution in [3.63, 3.8) is 0 Å².